The number of carbonyl (C=O) groups is 1. The minimum atomic E-state index is -0.422. The van der Waals surface area contributed by atoms with E-state index < -0.39 is 5.97 Å². The first kappa shape index (κ1) is 13.7. The summed E-state index contributed by atoms with van der Waals surface area (Å²) in [7, 11) is 0. The average Bonchev–Trinajstić information content (AvgIpc) is 2.36. The SMILES string of the molecule is CCOC(=O)c1c(C#N)ccc(CC)c1CBr. The average molecular weight is 296 g/mol. The number of aryl methyl sites for hydroxylation is 1. The van der Waals surface area contributed by atoms with Gasteiger partial charge in [-0.15, -0.1) is 0 Å². The molecule has 0 aliphatic heterocycles. The lowest BCUT2D eigenvalue weighted by molar-refractivity contribution is 0.0525. The van der Waals surface area contributed by atoms with Gasteiger partial charge in [0.25, 0.3) is 0 Å². The maximum atomic E-state index is 11.9. The highest BCUT2D eigenvalue weighted by Crippen LogP contribution is 2.23. The Hall–Kier alpha value is -1.34. The largest absolute Gasteiger partial charge is 0.462 e. The van der Waals surface area contributed by atoms with E-state index in [9.17, 15) is 4.79 Å². The quantitative estimate of drug-likeness (QED) is 0.633. The molecule has 0 saturated carbocycles. The molecule has 0 unspecified atom stereocenters. The van der Waals surface area contributed by atoms with Gasteiger partial charge in [-0.2, -0.15) is 5.26 Å². The van der Waals surface area contributed by atoms with E-state index >= 15 is 0 Å². The molecule has 0 aromatic heterocycles. The van der Waals surface area contributed by atoms with E-state index in [2.05, 4.69) is 15.9 Å². The topological polar surface area (TPSA) is 50.1 Å². The lowest BCUT2D eigenvalue weighted by atomic mass is 9.96. The maximum absolute atomic E-state index is 11.9. The molecule has 0 N–H and O–H groups in total. The van der Waals surface area contributed by atoms with Crippen molar-refractivity contribution in [3.63, 3.8) is 0 Å². The first-order chi connectivity index (χ1) is 8.19. The van der Waals surface area contributed by atoms with Gasteiger partial charge >= 0.3 is 5.97 Å². The predicted octanol–water partition coefficient (Wildman–Crippen LogP) is 3.19. The standard InChI is InChI=1S/C13H14BrNO2/c1-3-9-5-6-10(8-15)12(11(9)7-14)13(16)17-4-2/h5-6H,3-4,7H2,1-2H3. The van der Waals surface area contributed by atoms with Crippen molar-refractivity contribution >= 4 is 21.9 Å². The number of alkyl halides is 1. The zero-order valence-electron chi connectivity index (χ0n) is 9.92. The third-order valence-corrected chi connectivity index (χ3v) is 3.09. The number of hydrogen-bond acceptors (Lipinski definition) is 3. The second-order valence-electron chi connectivity index (χ2n) is 3.45. The van der Waals surface area contributed by atoms with Crippen molar-refractivity contribution in [2.45, 2.75) is 25.6 Å². The number of benzene rings is 1. The normalized spacial score (nSPS) is 9.76. The summed E-state index contributed by atoms with van der Waals surface area (Å²) in [6.07, 6.45) is 0.818. The van der Waals surface area contributed by atoms with Gasteiger partial charge in [-0.1, -0.05) is 28.9 Å². The number of carbonyl (C=O) groups excluding carboxylic acids is 1. The molecule has 0 aliphatic carbocycles. The molecule has 0 spiro atoms. The minimum Gasteiger partial charge on any atom is -0.462 e. The summed E-state index contributed by atoms with van der Waals surface area (Å²) < 4.78 is 5.00. The molecule has 0 heterocycles. The minimum absolute atomic E-state index is 0.307. The third-order valence-electron chi connectivity index (χ3n) is 2.52. The Labute approximate surface area is 110 Å². The Morgan fingerprint density at radius 1 is 1.47 bits per heavy atom. The van der Waals surface area contributed by atoms with Crippen LogP contribution in [-0.2, 0) is 16.5 Å². The summed E-state index contributed by atoms with van der Waals surface area (Å²) in [4.78, 5) is 11.9. The van der Waals surface area contributed by atoms with E-state index in [0.717, 1.165) is 17.5 Å². The van der Waals surface area contributed by atoms with Crippen LogP contribution in [-0.4, -0.2) is 12.6 Å². The highest BCUT2D eigenvalue weighted by Gasteiger charge is 2.19. The molecule has 0 aliphatic rings. The first-order valence-corrected chi connectivity index (χ1v) is 6.59. The Balaban J connectivity index is 3.41. The van der Waals surface area contributed by atoms with Crippen LogP contribution in [0.2, 0.25) is 0 Å². The first-order valence-electron chi connectivity index (χ1n) is 5.47. The van der Waals surface area contributed by atoms with Crippen molar-refractivity contribution in [1.82, 2.24) is 0 Å². The van der Waals surface area contributed by atoms with Gasteiger partial charge in [-0.3, -0.25) is 0 Å². The van der Waals surface area contributed by atoms with Crippen LogP contribution in [0.4, 0.5) is 0 Å². The highest BCUT2D eigenvalue weighted by molar-refractivity contribution is 9.08. The number of hydrogen-bond donors (Lipinski definition) is 0. The zero-order chi connectivity index (χ0) is 12.8. The van der Waals surface area contributed by atoms with E-state index in [1.165, 1.54) is 0 Å². The second-order valence-corrected chi connectivity index (χ2v) is 4.01. The molecule has 3 nitrogen and oxygen atoms in total. The Bertz CT molecular complexity index is 463. The van der Waals surface area contributed by atoms with E-state index in [0.29, 0.717) is 23.1 Å². The van der Waals surface area contributed by atoms with Crippen LogP contribution in [0.3, 0.4) is 0 Å². The van der Waals surface area contributed by atoms with E-state index in [1.54, 1.807) is 13.0 Å². The zero-order valence-corrected chi connectivity index (χ0v) is 11.5. The molecule has 0 radical (unpaired) electrons. The fraction of sp³-hybridized carbons (Fsp3) is 0.385. The summed E-state index contributed by atoms with van der Waals surface area (Å²) in [5.74, 6) is -0.422. The molecule has 0 atom stereocenters. The summed E-state index contributed by atoms with van der Waals surface area (Å²) in [5.41, 5.74) is 2.68. The van der Waals surface area contributed by atoms with Gasteiger partial charge in [0, 0.05) is 5.33 Å². The second kappa shape index (κ2) is 6.41. The van der Waals surface area contributed by atoms with Gasteiger partial charge in [0.05, 0.1) is 17.7 Å². The van der Waals surface area contributed by atoms with Gasteiger partial charge in [0.15, 0.2) is 0 Å². The molecule has 17 heavy (non-hydrogen) atoms. The number of esters is 1. The molecular weight excluding hydrogens is 282 g/mol. The van der Waals surface area contributed by atoms with Crippen LogP contribution < -0.4 is 0 Å². The summed E-state index contributed by atoms with van der Waals surface area (Å²) in [6, 6.07) is 5.60. The highest BCUT2D eigenvalue weighted by atomic mass is 79.9. The van der Waals surface area contributed by atoms with Crippen LogP contribution in [0, 0.1) is 11.3 Å². The monoisotopic (exact) mass is 295 g/mol. The molecule has 1 rings (SSSR count). The fourth-order valence-corrected chi connectivity index (χ4v) is 2.34. The van der Waals surface area contributed by atoms with Crippen molar-refractivity contribution in [1.29, 1.82) is 5.26 Å². The van der Waals surface area contributed by atoms with Crippen LogP contribution in [0.1, 0.15) is 40.9 Å². The van der Waals surface area contributed by atoms with Crippen LogP contribution in [0.5, 0.6) is 0 Å². The summed E-state index contributed by atoms with van der Waals surface area (Å²) in [6.45, 7) is 4.08. The van der Waals surface area contributed by atoms with Gasteiger partial charge in [-0.05, 0) is 30.5 Å². The van der Waals surface area contributed by atoms with Gasteiger partial charge in [0.2, 0.25) is 0 Å². The molecule has 90 valence electrons. The van der Waals surface area contributed by atoms with Crippen molar-refractivity contribution in [2.24, 2.45) is 0 Å². The lowest BCUT2D eigenvalue weighted by Crippen LogP contribution is -2.11. The number of halogens is 1. The smallest absolute Gasteiger partial charge is 0.339 e. The molecular formula is C13H14BrNO2. The fourth-order valence-electron chi connectivity index (χ4n) is 1.70. The van der Waals surface area contributed by atoms with Crippen molar-refractivity contribution in [2.75, 3.05) is 6.61 Å². The molecule has 1 aromatic carbocycles. The van der Waals surface area contributed by atoms with Crippen LogP contribution in [0.25, 0.3) is 0 Å². The Morgan fingerprint density at radius 2 is 2.18 bits per heavy atom. The van der Waals surface area contributed by atoms with Crippen molar-refractivity contribution < 1.29 is 9.53 Å². The number of ether oxygens (including phenoxy) is 1. The van der Waals surface area contributed by atoms with E-state index in [-0.39, 0.29) is 0 Å². The Morgan fingerprint density at radius 3 is 2.65 bits per heavy atom. The Kier molecular flexibility index (Phi) is 5.17. The number of nitrogens with zero attached hydrogens (tertiary/aromatic N) is 1. The van der Waals surface area contributed by atoms with Crippen molar-refractivity contribution in [3.8, 4) is 6.07 Å². The summed E-state index contributed by atoms with van der Waals surface area (Å²) in [5, 5.41) is 9.59. The third kappa shape index (κ3) is 2.86. The van der Waals surface area contributed by atoms with Crippen LogP contribution >= 0.6 is 15.9 Å². The van der Waals surface area contributed by atoms with Crippen LogP contribution in [0.15, 0.2) is 12.1 Å². The predicted molar refractivity (Wildman–Crippen MR) is 69.1 cm³/mol. The molecule has 1 aromatic rings. The van der Waals surface area contributed by atoms with E-state index in [4.69, 9.17) is 10.00 Å². The maximum Gasteiger partial charge on any atom is 0.339 e. The van der Waals surface area contributed by atoms with Crippen molar-refractivity contribution in [3.05, 3.63) is 34.4 Å². The lowest BCUT2D eigenvalue weighted by Gasteiger charge is -2.12. The van der Waals surface area contributed by atoms with E-state index in [1.807, 2.05) is 19.1 Å². The molecule has 0 fully saturated rings. The molecule has 0 bridgehead atoms. The summed E-state index contributed by atoms with van der Waals surface area (Å²) >= 11 is 3.37. The molecule has 4 heteroatoms. The van der Waals surface area contributed by atoms with Gasteiger partial charge < -0.3 is 4.74 Å². The molecule has 0 saturated heterocycles. The van der Waals surface area contributed by atoms with Gasteiger partial charge in [0.1, 0.15) is 6.07 Å². The number of nitriles is 1. The van der Waals surface area contributed by atoms with Gasteiger partial charge in [-0.25, -0.2) is 4.79 Å². The molecule has 0 amide bonds. The number of rotatable bonds is 4.